The molecule has 0 saturated heterocycles. The lowest BCUT2D eigenvalue weighted by atomic mass is 10.2. The number of ether oxygens (including phenoxy) is 2. The molecule has 2 aromatic heterocycles. The lowest BCUT2D eigenvalue weighted by molar-refractivity contribution is -0.123. The van der Waals surface area contributed by atoms with E-state index in [1.807, 2.05) is 0 Å². The largest absolute Gasteiger partial charge is 0.465 e. The van der Waals surface area contributed by atoms with Crippen molar-refractivity contribution in [2.45, 2.75) is 20.8 Å². The van der Waals surface area contributed by atoms with Gasteiger partial charge in [0.1, 0.15) is 10.0 Å². The zero-order valence-corrected chi connectivity index (χ0v) is 17.5. The fourth-order valence-corrected chi connectivity index (χ4v) is 4.42. The van der Waals surface area contributed by atoms with Crippen LogP contribution in [0, 0.1) is 6.92 Å². The highest BCUT2D eigenvalue weighted by atomic mass is 32.1. The summed E-state index contributed by atoms with van der Waals surface area (Å²) >= 11 is 2.32. The zero-order valence-electron chi connectivity index (χ0n) is 15.9. The van der Waals surface area contributed by atoms with Crippen molar-refractivity contribution in [1.29, 1.82) is 0 Å². The molecule has 0 atom stereocenters. The van der Waals surface area contributed by atoms with Crippen molar-refractivity contribution in [1.82, 2.24) is 5.32 Å². The Morgan fingerprint density at radius 2 is 1.86 bits per heavy atom. The molecule has 0 fully saturated rings. The lowest BCUT2D eigenvalue weighted by Gasteiger charge is -2.22. The predicted molar refractivity (Wildman–Crippen MR) is 107 cm³/mol. The van der Waals surface area contributed by atoms with Gasteiger partial charge in [-0.25, -0.2) is 9.59 Å². The molecule has 10 heteroatoms. The molecular weight excluding hydrogens is 404 g/mol. The maximum atomic E-state index is 13.0. The second-order valence-electron chi connectivity index (χ2n) is 5.59. The number of carbonyl (C=O) groups is 4. The van der Waals surface area contributed by atoms with E-state index in [-0.39, 0.29) is 30.2 Å². The maximum absolute atomic E-state index is 13.0. The summed E-state index contributed by atoms with van der Waals surface area (Å²) in [4.78, 5) is 50.1. The molecule has 0 radical (unpaired) electrons. The molecule has 0 bridgehead atoms. The topological polar surface area (TPSA) is 102 Å². The number of nitrogens with one attached hydrogen (secondary N) is 1. The highest BCUT2D eigenvalue weighted by molar-refractivity contribution is 7.17. The maximum Gasteiger partial charge on any atom is 0.341 e. The fourth-order valence-electron chi connectivity index (χ4n) is 2.38. The minimum Gasteiger partial charge on any atom is -0.465 e. The number of esters is 2. The van der Waals surface area contributed by atoms with Gasteiger partial charge in [-0.1, -0.05) is 0 Å². The van der Waals surface area contributed by atoms with E-state index >= 15 is 0 Å². The van der Waals surface area contributed by atoms with Crippen molar-refractivity contribution in [3.8, 4) is 0 Å². The molecule has 0 saturated carbocycles. The summed E-state index contributed by atoms with van der Waals surface area (Å²) in [5.41, 5.74) is 1.07. The van der Waals surface area contributed by atoms with Gasteiger partial charge in [0.15, 0.2) is 0 Å². The third-order valence-electron chi connectivity index (χ3n) is 3.63. The number of thiophene rings is 2. The van der Waals surface area contributed by atoms with Crippen LogP contribution in [0.1, 0.15) is 40.1 Å². The number of methoxy groups -OCH3 is 1. The molecule has 0 aliphatic carbocycles. The number of carbonyl (C=O) groups excluding carboxylic acids is 4. The van der Waals surface area contributed by atoms with E-state index in [2.05, 4.69) is 5.32 Å². The number of anilines is 2. The zero-order chi connectivity index (χ0) is 20.8. The van der Waals surface area contributed by atoms with E-state index in [1.165, 1.54) is 36.3 Å². The van der Waals surface area contributed by atoms with Crippen LogP contribution >= 0.6 is 22.7 Å². The van der Waals surface area contributed by atoms with Crippen LogP contribution < -0.4 is 10.2 Å². The molecule has 28 heavy (non-hydrogen) atoms. The first kappa shape index (κ1) is 21.6. The van der Waals surface area contributed by atoms with Crippen LogP contribution in [0.3, 0.4) is 0 Å². The number of nitrogens with zero attached hydrogens (tertiary/aromatic N) is 1. The van der Waals surface area contributed by atoms with E-state index in [0.29, 0.717) is 15.6 Å². The van der Waals surface area contributed by atoms with Crippen LogP contribution in [-0.4, -0.2) is 44.0 Å². The smallest absolute Gasteiger partial charge is 0.341 e. The molecule has 2 amide bonds. The van der Waals surface area contributed by atoms with Crippen molar-refractivity contribution in [3.63, 3.8) is 0 Å². The standard InChI is InChI=1S/C18H20N2O6S2/c1-5-26-18(24)14-10(2)9-28-16(14)20(13(22)8-19-11(3)21)15-12(6-7-27-15)17(23)25-4/h6-7,9H,5,8H2,1-4H3,(H,19,21). The molecule has 0 unspecified atom stereocenters. The van der Waals surface area contributed by atoms with Gasteiger partial charge < -0.3 is 14.8 Å². The summed E-state index contributed by atoms with van der Waals surface area (Å²) in [6.45, 7) is 4.60. The average Bonchev–Trinajstić information content (AvgIpc) is 3.27. The first-order chi connectivity index (χ1) is 13.3. The molecule has 2 heterocycles. The number of amides is 2. The fraction of sp³-hybridized carbons (Fsp3) is 0.333. The van der Waals surface area contributed by atoms with Crippen LogP contribution in [-0.2, 0) is 19.1 Å². The van der Waals surface area contributed by atoms with E-state index in [9.17, 15) is 19.2 Å². The van der Waals surface area contributed by atoms with Crippen molar-refractivity contribution in [3.05, 3.63) is 33.5 Å². The van der Waals surface area contributed by atoms with E-state index in [0.717, 1.165) is 11.3 Å². The molecule has 1 N–H and O–H groups in total. The van der Waals surface area contributed by atoms with Gasteiger partial charge in [0.05, 0.1) is 31.4 Å². The Hall–Kier alpha value is -2.72. The van der Waals surface area contributed by atoms with Gasteiger partial charge in [0.2, 0.25) is 5.91 Å². The van der Waals surface area contributed by atoms with E-state index < -0.39 is 17.8 Å². The number of hydrogen-bond donors (Lipinski definition) is 1. The Labute approximate surface area is 170 Å². The van der Waals surface area contributed by atoms with Crippen molar-refractivity contribution < 1.29 is 28.7 Å². The molecule has 8 nitrogen and oxygen atoms in total. The van der Waals surface area contributed by atoms with Crippen LogP contribution in [0.25, 0.3) is 0 Å². The van der Waals surface area contributed by atoms with Crippen molar-refractivity contribution in [2.75, 3.05) is 25.2 Å². The van der Waals surface area contributed by atoms with Gasteiger partial charge in [-0.2, -0.15) is 0 Å². The summed E-state index contributed by atoms with van der Waals surface area (Å²) in [6, 6.07) is 1.54. The minimum absolute atomic E-state index is 0.180. The van der Waals surface area contributed by atoms with Gasteiger partial charge in [0.25, 0.3) is 5.91 Å². The molecule has 0 aromatic carbocycles. The van der Waals surface area contributed by atoms with Crippen LogP contribution in [0.5, 0.6) is 0 Å². The van der Waals surface area contributed by atoms with Crippen LogP contribution in [0.2, 0.25) is 0 Å². The normalized spacial score (nSPS) is 10.3. The summed E-state index contributed by atoms with van der Waals surface area (Å²) in [5.74, 6) is -2.06. The number of aryl methyl sites for hydroxylation is 1. The van der Waals surface area contributed by atoms with Crippen LogP contribution in [0.4, 0.5) is 10.0 Å². The summed E-state index contributed by atoms with van der Waals surface area (Å²) < 4.78 is 9.92. The lowest BCUT2D eigenvalue weighted by Crippen LogP contribution is -2.37. The van der Waals surface area contributed by atoms with Gasteiger partial charge in [-0.3, -0.25) is 14.5 Å². The molecule has 0 aliphatic heterocycles. The quantitative estimate of drug-likeness (QED) is 0.686. The second-order valence-corrected chi connectivity index (χ2v) is 7.34. The van der Waals surface area contributed by atoms with Gasteiger partial charge >= 0.3 is 11.9 Å². The SMILES string of the molecule is CCOC(=O)c1c(C)csc1N(C(=O)CNC(C)=O)c1sccc1C(=O)OC. The minimum atomic E-state index is -0.612. The predicted octanol–water partition coefficient (Wildman–Crippen LogP) is 2.88. The van der Waals surface area contributed by atoms with Gasteiger partial charge in [-0.05, 0) is 36.2 Å². The Morgan fingerprint density at radius 1 is 1.14 bits per heavy atom. The summed E-state index contributed by atoms with van der Waals surface area (Å²) in [7, 11) is 1.24. The molecular formula is C18H20N2O6S2. The third kappa shape index (κ3) is 4.57. The molecule has 2 aromatic rings. The highest BCUT2D eigenvalue weighted by Gasteiger charge is 2.31. The highest BCUT2D eigenvalue weighted by Crippen LogP contribution is 2.40. The Balaban J connectivity index is 2.60. The van der Waals surface area contributed by atoms with E-state index in [1.54, 1.807) is 24.6 Å². The van der Waals surface area contributed by atoms with Crippen molar-refractivity contribution in [2.24, 2.45) is 0 Å². The first-order valence-electron chi connectivity index (χ1n) is 8.30. The summed E-state index contributed by atoms with van der Waals surface area (Å²) in [6.07, 6.45) is 0. The number of rotatable bonds is 7. The third-order valence-corrected chi connectivity index (χ3v) is 5.61. The monoisotopic (exact) mass is 424 g/mol. The van der Waals surface area contributed by atoms with Gasteiger partial charge in [0, 0.05) is 6.92 Å². The summed E-state index contributed by atoms with van der Waals surface area (Å²) in [5, 5.41) is 6.44. The van der Waals surface area contributed by atoms with E-state index in [4.69, 9.17) is 9.47 Å². The first-order valence-corrected chi connectivity index (χ1v) is 10.1. The number of hydrogen-bond acceptors (Lipinski definition) is 8. The van der Waals surface area contributed by atoms with Gasteiger partial charge in [-0.15, -0.1) is 22.7 Å². The average molecular weight is 425 g/mol. The Bertz CT molecular complexity index is 902. The molecule has 2 rings (SSSR count). The Kier molecular flexibility index (Phi) is 7.30. The molecule has 150 valence electrons. The molecule has 0 spiro atoms. The van der Waals surface area contributed by atoms with Crippen LogP contribution in [0.15, 0.2) is 16.8 Å². The molecule has 0 aliphatic rings. The van der Waals surface area contributed by atoms with Crippen molar-refractivity contribution >= 4 is 56.4 Å². The second kappa shape index (κ2) is 9.47. The Morgan fingerprint density at radius 3 is 2.46 bits per heavy atom.